The molecule has 2 aromatic carbocycles. The third-order valence-corrected chi connectivity index (χ3v) is 4.67. The third-order valence-electron chi connectivity index (χ3n) is 4.47. The Morgan fingerprint density at radius 3 is 2.30 bits per heavy atom. The highest BCUT2D eigenvalue weighted by molar-refractivity contribution is 7.80. The molecule has 2 aromatic rings. The van der Waals surface area contributed by atoms with Gasteiger partial charge in [0.2, 0.25) is 0 Å². The fourth-order valence-corrected chi connectivity index (χ4v) is 2.97. The molecule has 0 spiro atoms. The SMILES string of the molecule is CCCCCCOc1ccc(C(=O)NC(=S)Nc2cccc(OCCCC)c2)cc1. The molecule has 162 valence electrons. The average molecular weight is 429 g/mol. The maximum atomic E-state index is 12.4. The molecule has 6 heteroatoms. The van der Waals surface area contributed by atoms with E-state index in [1.807, 2.05) is 36.4 Å². The highest BCUT2D eigenvalue weighted by atomic mass is 32.1. The molecule has 0 aliphatic heterocycles. The van der Waals surface area contributed by atoms with E-state index in [4.69, 9.17) is 21.7 Å². The Labute approximate surface area is 185 Å². The second-order valence-electron chi connectivity index (χ2n) is 7.07. The Morgan fingerprint density at radius 2 is 1.57 bits per heavy atom. The maximum absolute atomic E-state index is 12.4. The van der Waals surface area contributed by atoms with Gasteiger partial charge in [-0.1, -0.05) is 45.6 Å². The Bertz CT molecular complexity index is 793. The highest BCUT2D eigenvalue weighted by Crippen LogP contribution is 2.18. The minimum absolute atomic E-state index is 0.238. The summed E-state index contributed by atoms with van der Waals surface area (Å²) in [7, 11) is 0. The second kappa shape index (κ2) is 13.6. The number of benzene rings is 2. The molecule has 0 atom stereocenters. The second-order valence-corrected chi connectivity index (χ2v) is 7.48. The lowest BCUT2D eigenvalue weighted by Crippen LogP contribution is -2.34. The van der Waals surface area contributed by atoms with Crippen LogP contribution in [0.3, 0.4) is 0 Å². The van der Waals surface area contributed by atoms with E-state index in [2.05, 4.69) is 24.5 Å². The topological polar surface area (TPSA) is 59.6 Å². The first-order valence-electron chi connectivity index (χ1n) is 10.7. The van der Waals surface area contributed by atoms with E-state index in [0.717, 1.165) is 36.4 Å². The van der Waals surface area contributed by atoms with Gasteiger partial charge in [0.25, 0.3) is 5.91 Å². The number of nitrogens with one attached hydrogen (secondary N) is 2. The predicted octanol–water partition coefficient (Wildman–Crippen LogP) is 5.95. The third kappa shape index (κ3) is 8.82. The van der Waals surface area contributed by atoms with E-state index in [0.29, 0.717) is 18.8 Å². The lowest BCUT2D eigenvalue weighted by atomic mass is 10.2. The van der Waals surface area contributed by atoms with Crippen LogP contribution >= 0.6 is 12.2 Å². The number of carbonyl (C=O) groups is 1. The number of hydrogen-bond donors (Lipinski definition) is 2. The molecule has 0 aromatic heterocycles. The van der Waals surface area contributed by atoms with Crippen LogP contribution in [0, 0.1) is 0 Å². The summed E-state index contributed by atoms with van der Waals surface area (Å²) in [6.07, 6.45) is 6.75. The van der Waals surface area contributed by atoms with Crippen molar-refractivity contribution in [1.82, 2.24) is 5.32 Å². The lowest BCUT2D eigenvalue weighted by molar-refractivity contribution is 0.0977. The predicted molar refractivity (Wildman–Crippen MR) is 127 cm³/mol. The lowest BCUT2D eigenvalue weighted by Gasteiger charge is -2.12. The summed E-state index contributed by atoms with van der Waals surface area (Å²) in [5, 5.41) is 5.96. The minimum Gasteiger partial charge on any atom is -0.494 e. The Kier molecular flexibility index (Phi) is 10.7. The van der Waals surface area contributed by atoms with Gasteiger partial charge in [0.1, 0.15) is 11.5 Å². The van der Waals surface area contributed by atoms with Crippen molar-refractivity contribution in [3.8, 4) is 11.5 Å². The van der Waals surface area contributed by atoms with Crippen molar-refractivity contribution >= 4 is 28.9 Å². The number of rotatable bonds is 12. The largest absolute Gasteiger partial charge is 0.494 e. The minimum atomic E-state index is -0.266. The number of anilines is 1. The van der Waals surface area contributed by atoms with Gasteiger partial charge in [0.15, 0.2) is 5.11 Å². The van der Waals surface area contributed by atoms with Crippen LogP contribution in [-0.2, 0) is 0 Å². The molecule has 5 nitrogen and oxygen atoms in total. The van der Waals surface area contributed by atoms with Gasteiger partial charge < -0.3 is 14.8 Å². The molecule has 0 saturated carbocycles. The van der Waals surface area contributed by atoms with Crippen molar-refractivity contribution in [2.24, 2.45) is 0 Å². The molecule has 0 unspecified atom stereocenters. The van der Waals surface area contributed by atoms with Gasteiger partial charge in [-0.15, -0.1) is 0 Å². The Hall–Kier alpha value is -2.60. The van der Waals surface area contributed by atoms with Crippen molar-refractivity contribution in [3.05, 3.63) is 54.1 Å². The van der Waals surface area contributed by atoms with Crippen LogP contribution in [0.4, 0.5) is 5.69 Å². The smallest absolute Gasteiger partial charge is 0.257 e. The van der Waals surface area contributed by atoms with Gasteiger partial charge in [0, 0.05) is 17.3 Å². The summed E-state index contributed by atoms with van der Waals surface area (Å²) in [5.74, 6) is 1.27. The summed E-state index contributed by atoms with van der Waals surface area (Å²) >= 11 is 5.27. The van der Waals surface area contributed by atoms with E-state index in [1.165, 1.54) is 19.3 Å². The zero-order valence-corrected chi connectivity index (χ0v) is 18.7. The number of hydrogen-bond acceptors (Lipinski definition) is 4. The molecular weight excluding hydrogens is 396 g/mol. The Balaban J connectivity index is 1.79. The summed E-state index contributed by atoms with van der Waals surface area (Å²) in [4.78, 5) is 12.4. The fraction of sp³-hybridized carbons (Fsp3) is 0.417. The van der Waals surface area contributed by atoms with Crippen molar-refractivity contribution in [2.75, 3.05) is 18.5 Å². The average Bonchev–Trinajstić information content (AvgIpc) is 2.74. The zero-order chi connectivity index (χ0) is 21.6. The number of carbonyl (C=O) groups excluding carboxylic acids is 1. The van der Waals surface area contributed by atoms with E-state index in [9.17, 15) is 4.79 Å². The summed E-state index contributed by atoms with van der Waals surface area (Å²) < 4.78 is 11.4. The number of ether oxygens (including phenoxy) is 2. The van der Waals surface area contributed by atoms with Crippen LogP contribution in [-0.4, -0.2) is 24.2 Å². The first-order chi connectivity index (χ1) is 14.6. The maximum Gasteiger partial charge on any atom is 0.257 e. The van der Waals surface area contributed by atoms with Gasteiger partial charge in [0.05, 0.1) is 13.2 Å². The van der Waals surface area contributed by atoms with Gasteiger partial charge in [-0.2, -0.15) is 0 Å². The van der Waals surface area contributed by atoms with Gasteiger partial charge in [-0.25, -0.2) is 0 Å². The molecule has 2 rings (SSSR count). The van der Waals surface area contributed by atoms with Crippen LogP contribution in [0.25, 0.3) is 0 Å². The van der Waals surface area contributed by atoms with Gasteiger partial charge in [-0.3, -0.25) is 10.1 Å². The fourth-order valence-electron chi connectivity index (χ4n) is 2.76. The molecule has 30 heavy (non-hydrogen) atoms. The molecule has 0 bridgehead atoms. The normalized spacial score (nSPS) is 10.3. The Morgan fingerprint density at radius 1 is 0.867 bits per heavy atom. The van der Waals surface area contributed by atoms with Crippen LogP contribution < -0.4 is 20.1 Å². The quantitative estimate of drug-likeness (QED) is 0.323. The molecule has 0 saturated heterocycles. The molecule has 0 fully saturated rings. The van der Waals surface area contributed by atoms with Crippen LogP contribution in [0.5, 0.6) is 11.5 Å². The molecule has 0 radical (unpaired) electrons. The number of amides is 1. The highest BCUT2D eigenvalue weighted by Gasteiger charge is 2.09. The molecule has 1 amide bonds. The first-order valence-corrected chi connectivity index (χ1v) is 11.1. The van der Waals surface area contributed by atoms with Crippen molar-refractivity contribution in [3.63, 3.8) is 0 Å². The molecule has 2 N–H and O–H groups in total. The monoisotopic (exact) mass is 428 g/mol. The molecule has 0 heterocycles. The van der Waals surface area contributed by atoms with Crippen molar-refractivity contribution in [2.45, 2.75) is 52.4 Å². The summed E-state index contributed by atoms with van der Waals surface area (Å²) in [5.41, 5.74) is 1.29. The van der Waals surface area contributed by atoms with Crippen molar-refractivity contribution in [1.29, 1.82) is 0 Å². The summed E-state index contributed by atoms with van der Waals surface area (Å²) in [6, 6.07) is 14.6. The van der Waals surface area contributed by atoms with Crippen LogP contribution in [0.15, 0.2) is 48.5 Å². The van der Waals surface area contributed by atoms with Crippen LogP contribution in [0.1, 0.15) is 62.7 Å². The first kappa shape index (κ1) is 23.7. The van der Waals surface area contributed by atoms with E-state index in [1.54, 1.807) is 12.1 Å². The number of thiocarbonyl (C=S) groups is 1. The molecule has 0 aliphatic carbocycles. The van der Waals surface area contributed by atoms with Crippen molar-refractivity contribution < 1.29 is 14.3 Å². The van der Waals surface area contributed by atoms with E-state index >= 15 is 0 Å². The van der Waals surface area contributed by atoms with E-state index < -0.39 is 0 Å². The summed E-state index contributed by atoms with van der Waals surface area (Å²) in [6.45, 7) is 5.68. The van der Waals surface area contributed by atoms with E-state index in [-0.39, 0.29) is 11.0 Å². The molecule has 0 aliphatic rings. The van der Waals surface area contributed by atoms with Crippen LogP contribution in [0.2, 0.25) is 0 Å². The number of unbranched alkanes of at least 4 members (excludes halogenated alkanes) is 4. The molecular formula is C24H32N2O3S. The standard InChI is InChI=1S/C24H32N2O3S/c1-3-5-7-8-17-28-21-14-12-19(13-15-21)23(27)26-24(30)25-20-10-9-11-22(18-20)29-16-6-4-2/h9-15,18H,3-8,16-17H2,1-2H3,(H2,25,26,27,30). The van der Waals surface area contributed by atoms with Gasteiger partial charge in [-0.05, 0) is 61.5 Å². The zero-order valence-electron chi connectivity index (χ0n) is 17.9. The van der Waals surface area contributed by atoms with Gasteiger partial charge >= 0.3 is 0 Å².